The van der Waals surface area contributed by atoms with Crippen LogP contribution in [0.5, 0.6) is 0 Å². The lowest BCUT2D eigenvalue weighted by molar-refractivity contribution is -0.131. The van der Waals surface area contributed by atoms with Gasteiger partial charge in [0.1, 0.15) is 6.54 Å². The number of ether oxygens (including phenoxy) is 1. The summed E-state index contributed by atoms with van der Waals surface area (Å²) in [7, 11) is 0. The smallest absolute Gasteiger partial charge is 0.242 e. The molecule has 0 radical (unpaired) electrons. The second-order valence-electron chi connectivity index (χ2n) is 5.90. The Labute approximate surface area is 141 Å². The highest BCUT2D eigenvalue weighted by Crippen LogP contribution is 2.34. The van der Waals surface area contributed by atoms with Gasteiger partial charge in [0.2, 0.25) is 11.8 Å². The maximum Gasteiger partial charge on any atom is 0.242 e. The molecule has 0 aromatic heterocycles. The molecule has 2 amide bonds. The third-order valence-electron chi connectivity index (χ3n) is 4.34. The van der Waals surface area contributed by atoms with Crippen molar-refractivity contribution in [2.45, 2.75) is 18.2 Å². The van der Waals surface area contributed by atoms with Crippen molar-refractivity contribution in [2.75, 3.05) is 43.5 Å². The summed E-state index contributed by atoms with van der Waals surface area (Å²) in [6, 6.07) is 7.77. The number of likely N-dealkylation sites (N-methyl/N-ethyl adjacent to an activating group) is 1. The minimum atomic E-state index is 0.00213. The molecule has 0 aliphatic carbocycles. The Balaban J connectivity index is 1.69. The molecule has 2 aliphatic heterocycles. The van der Waals surface area contributed by atoms with Crippen molar-refractivity contribution in [1.82, 2.24) is 4.90 Å². The lowest BCUT2D eigenvalue weighted by Gasteiger charge is -2.31. The number of para-hydroxylation sites is 1. The number of carbonyl (C=O) groups excluding carboxylic acids is 2. The van der Waals surface area contributed by atoms with Gasteiger partial charge in [0.15, 0.2) is 0 Å². The normalized spacial score (nSPS) is 20.5. The van der Waals surface area contributed by atoms with Crippen LogP contribution in [-0.4, -0.2) is 55.3 Å². The van der Waals surface area contributed by atoms with Gasteiger partial charge in [0.25, 0.3) is 0 Å². The average molecular weight is 334 g/mol. The van der Waals surface area contributed by atoms with E-state index in [2.05, 4.69) is 0 Å². The second-order valence-corrected chi connectivity index (χ2v) is 6.92. The third-order valence-corrected chi connectivity index (χ3v) is 5.39. The van der Waals surface area contributed by atoms with Crippen LogP contribution < -0.4 is 4.90 Å². The highest BCUT2D eigenvalue weighted by atomic mass is 32.2. The lowest BCUT2D eigenvalue weighted by atomic mass is 10.1. The van der Waals surface area contributed by atoms with E-state index in [9.17, 15) is 9.59 Å². The number of hydrogen-bond acceptors (Lipinski definition) is 4. The summed E-state index contributed by atoms with van der Waals surface area (Å²) in [6.07, 6.45) is 1.01. The monoisotopic (exact) mass is 334 g/mol. The molecule has 1 saturated heterocycles. The predicted molar refractivity (Wildman–Crippen MR) is 90.7 cm³/mol. The van der Waals surface area contributed by atoms with Crippen molar-refractivity contribution in [3.05, 3.63) is 24.3 Å². The zero-order valence-corrected chi connectivity index (χ0v) is 14.2. The number of rotatable bonds is 5. The number of hydrogen-bond donors (Lipinski definition) is 0. The molecule has 0 unspecified atom stereocenters. The Hall–Kier alpha value is -1.53. The molecule has 0 N–H and O–H groups in total. The quantitative estimate of drug-likeness (QED) is 0.826. The van der Waals surface area contributed by atoms with E-state index in [0.717, 1.165) is 30.2 Å². The molecular weight excluding hydrogens is 312 g/mol. The van der Waals surface area contributed by atoms with Crippen LogP contribution in [0.3, 0.4) is 0 Å². The van der Waals surface area contributed by atoms with Gasteiger partial charge >= 0.3 is 0 Å². The number of benzene rings is 1. The van der Waals surface area contributed by atoms with Crippen molar-refractivity contribution in [2.24, 2.45) is 5.92 Å². The fraction of sp³-hybridized carbons (Fsp3) is 0.529. The predicted octanol–water partition coefficient (Wildman–Crippen LogP) is 2.01. The first kappa shape index (κ1) is 16.3. The number of thioether (sulfide) groups is 1. The van der Waals surface area contributed by atoms with Crippen LogP contribution in [0.1, 0.15) is 13.3 Å². The van der Waals surface area contributed by atoms with Gasteiger partial charge in [-0.05, 0) is 25.5 Å². The minimum Gasteiger partial charge on any atom is -0.381 e. The van der Waals surface area contributed by atoms with Gasteiger partial charge in [-0.1, -0.05) is 12.1 Å². The van der Waals surface area contributed by atoms with Crippen molar-refractivity contribution < 1.29 is 14.3 Å². The van der Waals surface area contributed by atoms with E-state index < -0.39 is 0 Å². The molecule has 124 valence electrons. The molecule has 23 heavy (non-hydrogen) atoms. The van der Waals surface area contributed by atoms with E-state index >= 15 is 0 Å². The molecule has 1 aromatic carbocycles. The molecule has 1 aromatic rings. The highest BCUT2D eigenvalue weighted by molar-refractivity contribution is 8.00. The van der Waals surface area contributed by atoms with E-state index in [1.54, 1.807) is 4.90 Å². The zero-order chi connectivity index (χ0) is 16.2. The van der Waals surface area contributed by atoms with E-state index in [4.69, 9.17) is 4.74 Å². The summed E-state index contributed by atoms with van der Waals surface area (Å²) in [5.41, 5.74) is 0.849. The SMILES string of the molecule is CCN(C[C@@H]1CCOC1)C(=O)CN1C(=O)CSc2ccccc21. The first-order valence-electron chi connectivity index (χ1n) is 8.06. The van der Waals surface area contributed by atoms with E-state index in [1.807, 2.05) is 36.1 Å². The fourth-order valence-corrected chi connectivity index (χ4v) is 3.94. The molecule has 6 heteroatoms. The number of fused-ring (bicyclic) bond motifs is 1. The molecule has 1 fully saturated rings. The van der Waals surface area contributed by atoms with Gasteiger partial charge < -0.3 is 14.5 Å². The fourth-order valence-electron chi connectivity index (χ4n) is 3.01. The van der Waals surface area contributed by atoms with Crippen LogP contribution in [0.15, 0.2) is 29.2 Å². The standard InChI is InChI=1S/C17H22N2O3S/c1-2-18(9-13-7-8-22-11-13)16(20)10-19-14-5-3-4-6-15(14)23-12-17(19)21/h3-6,13H,2,7-12H2,1H3/t13-/m0/s1. The molecule has 5 nitrogen and oxygen atoms in total. The summed E-state index contributed by atoms with van der Waals surface area (Å²) < 4.78 is 5.39. The molecular formula is C17H22N2O3S. The van der Waals surface area contributed by atoms with Crippen molar-refractivity contribution >= 4 is 29.3 Å². The van der Waals surface area contributed by atoms with Gasteiger partial charge in [-0.25, -0.2) is 0 Å². The Kier molecular flexibility index (Phi) is 5.23. The molecule has 1 atom stereocenters. The van der Waals surface area contributed by atoms with Crippen molar-refractivity contribution in [3.8, 4) is 0 Å². The number of carbonyl (C=O) groups is 2. The van der Waals surface area contributed by atoms with E-state index in [0.29, 0.717) is 24.8 Å². The molecule has 3 rings (SSSR count). The van der Waals surface area contributed by atoms with Crippen LogP contribution in [0.2, 0.25) is 0 Å². The number of nitrogens with zero attached hydrogens (tertiary/aromatic N) is 2. The second kappa shape index (κ2) is 7.36. The van der Waals surface area contributed by atoms with Gasteiger partial charge in [-0.3, -0.25) is 9.59 Å². The zero-order valence-electron chi connectivity index (χ0n) is 13.4. The first-order chi connectivity index (χ1) is 11.2. The van der Waals surface area contributed by atoms with Gasteiger partial charge in [0, 0.05) is 30.5 Å². The summed E-state index contributed by atoms with van der Waals surface area (Å²) in [5.74, 6) is 0.822. The molecule has 0 bridgehead atoms. The Morgan fingerprint density at radius 3 is 3.00 bits per heavy atom. The van der Waals surface area contributed by atoms with E-state index in [-0.39, 0.29) is 18.4 Å². The molecule has 0 saturated carbocycles. The summed E-state index contributed by atoms with van der Waals surface area (Å²) in [5, 5.41) is 0. The topological polar surface area (TPSA) is 49.9 Å². The van der Waals surface area contributed by atoms with Crippen molar-refractivity contribution in [3.63, 3.8) is 0 Å². The Bertz CT molecular complexity index is 587. The van der Waals surface area contributed by atoms with Crippen LogP contribution in [0.25, 0.3) is 0 Å². The first-order valence-corrected chi connectivity index (χ1v) is 9.05. The van der Waals surface area contributed by atoms with Gasteiger partial charge in [-0.2, -0.15) is 0 Å². The van der Waals surface area contributed by atoms with Gasteiger partial charge in [-0.15, -0.1) is 11.8 Å². The number of amides is 2. The van der Waals surface area contributed by atoms with Crippen LogP contribution in [0.4, 0.5) is 5.69 Å². The molecule has 2 heterocycles. The number of anilines is 1. The molecule has 2 aliphatic rings. The lowest BCUT2D eigenvalue weighted by Crippen LogP contribution is -2.46. The summed E-state index contributed by atoms with van der Waals surface area (Å²) >= 11 is 1.54. The maximum atomic E-state index is 12.7. The largest absolute Gasteiger partial charge is 0.381 e. The third kappa shape index (κ3) is 3.70. The molecule has 0 spiro atoms. The minimum absolute atomic E-state index is 0.00213. The highest BCUT2D eigenvalue weighted by Gasteiger charge is 2.28. The maximum absolute atomic E-state index is 12.7. The van der Waals surface area contributed by atoms with Crippen LogP contribution >= 0.6 is 11.8 Å². The Morgan fingerprint density at radius 1 is 1.43 bits per heavy atom. The van der Waals surface area contributed by atoms with Gasteiger partial charge in [0.05, 0.1) is 18.0 Å². The summed E-state index contributed by atoms with van der Waals surface area (Å²) in [6.45, 7) is 4.99. The Morgan fingerprint density at radius 2 is 2.26 bits per heavy atom. The van der Waals surface area contributed by atoms with E-state index in [1.165, 1.54) is 11.8 Å². The van der Waals surface area contributed by atoms with Crippen molar-refractivity contribution in [1.29, 1.82) is 0 Å². The average Bonchev–Trinajstić information content (AvgIpc) is 3.08. The van der Waals surface area contributed by atoms with Crippen LogP contribution in [0, 0.1) is 5.92 Å². The summed E-state index contributed by atoms with van der Waals surface area (Å²) in [4.78, 5) is 29.5. The van der Waals surface area contributed by atoms with Crippen LogP contribution in [-0.2, 0) is 14.3 Å².